The van der Waals surface area contributed by atoms with E-state index >= 15 is 0 Å². The molecule has 412 valence electrons. The van der Waals surface area contributed by atoms with Crippen LogP contribution >= 0.6 is 0 Å². The quantitative estimate of drug-likeness (QED) is 0.0127. The zero-order valence-corrected chi connectivity index (χ0v) is 42.1. The number of nitrogens with zero attached hydrogens (tertiary/aromatic N) is 8. The number of hydrogen-bond donors (Lipinski definition) is 14. The first-order chi connectivity index (χ1) is 34.8. The third-order valence-corrected chi connectivity index (χ3v) is 12.7. The lowest BCUT2D eigenvalue weighted by Gasteiger charge is -2.25. The van der Waals surface area contributed by atoms with E-state index in [-0.39, 0.29) is 124 Å². The van der Waals surface area contributed by atoms with Gasteiger partial charge in [-0.1, -0.05) is 24.3 Å². The fourth-order valence-electron chi connectivity index (χ4n) is 6.10. The van der Waals surface area contributed by atoms with E-state index < -0.39 is 100 Å². The molecule has 2 heterocycles. The highest BCUT2D eigenvalue weighted by atomic mass is 32.2. The van der Waals surface area contributed by atoms with Gasteiger partial charge in [-0.05, 0) is 35.4 Å². The fraction of sp³-hybridized carbons (Fsp3) is 0.474. The molecule has 0 radical (unpaired) electrons. The maximum absolute atomic E-state index is 12.8. The van der Waals surface area contributed by atoms with Gasteiger partial charge in [0.25, 0.3) is 40.5 Å². The third-order valence-electron chi connectivity index (χ3n) is 9.40. The van der Waals surface area contributed by atoms with Crippen molar-refractivity contribution in [3.63, 3.8) is 0 Å². The molecule has 2 aromatic heterocycles. The van der Waals surface area contributed by atoms with Crippen LogP contribution in [-0.2, 0) is 49.9 Å². The van der Waals surface area contributed by atoms with Crippen molar-refractivity contribution in [3.8, 4) is 0 Å². The molecule has 4 rings (SSSR count). The number of aromatic nitrogens is 6. The van der Waals surface area contributed by atoms with Gasteiger partial charge in [-0.25, -0.2) is 0 Å². The number of benzene rings is 2. The van der Waals surface area contributed by atoms with Gasteiger partial charge in [-0.3, -0.25) is 18.2 Å². The van der Waals surface area contributed by atoms with Crippen molar-refractivity contribution in [1.82, 2.24) is 29.9 Å². The molecule has 0 amide bonds. The Labute approximate surface area is 424 Å². The predicted molar refractivity (Wildman–Crippen MR) is 264 cm³/mol. The Morgan fingerprint density at radius 2 is 0.892 bits per heavy atom. The Balaban J connectivity index is 1.72. The van der Waals surface area contributed by atoms with Crippen LogP contribution in [0.2, 0.25) is 0 Å². The average molecular weight is 1130 g/mol. The molecule has 2 aromatic carbocycles. The zero-order chi connectivity index (χ0) is 54.7. The van der Waals surface area contributed by atoms with Crippen molar-refractivity contribution < 1.29 is 92.0 Å². The number of aliphatic hydroxyl groups is 6. The van der Waals surface area contributed by atoms with E-state index in [2.05, 4.69) is 51.2 Å². The number of hydrogen-bond acceptors (Lipinski definition) is 28. The number of ether oxygens (including phenoxy) is 2. The molecule has 0 bridgehead atoms. The smallest absolute Gasteiger partial charge is 0.295 e. The first kappa shape index (κ1) is 60.9. The van der Waals surface area contributed by atoms with Crippen LogP contribution in [-0.4, -0.2) is 228 Å². The molecule has 0 aliphatic heterocycles. The maximum atomic E-state index is 12.8. The summed E-state index contributed by atoms with van der Waals surface area (Å²) in [6, 6.07) is 6.83. The van der Waals surface area contributed by atoms with Gasteiger partial charge in [0.15, 0.2) is 0 Å². The molecule has 4 aromatic rings. The summed E-state index contributed by atoms with van der Waals surface area (Å²) >= 11 is 0. The van der Waals surface area contributed by atoms with E-state index in [0.29, 0.717) is 0 Å². The van der Waals surface area contributed by atoms with E-state index in [1.54, 1.807) is 0 Å². The normalized spacial score (nSPS) is 13.2. The Morgan fingerprint density at radius 3 is 1.22 bits per heavy atom. The summed E-state index contributed by atoms with van der Waals surface area (Å²) in [6.07, 6.45) is -0.467. The second-order valence-corrected chi connectivity index (χ2v) is 21.2. The van der Waals surface area contributed by atoms with Crippen LogP contribution in [0, 0.1) is 0 Å². The van der Waals surface area contributed by atoms with Crippen molar-refractivity contribution in [2.45, 2.75) is 22.0 Å². The van der Waals surface area contributed by atoms with Crippen LogP contribution in [0.25, 0.3) is 12.2 Å². The minimum absolute atomic E-state index is 0.0255. The van der Waals surface area contributed by atoms with Crippen molar-refractivity contribution in [1.29, 1.82) is 0 Å². The van der Waals surface area contributed by atoms with E-state index in [1.807, 2.05) is 0 Å². The molecule has 2 atom stereocenters. The summed E-state index contributed by atoms with van der Waals surface area (Å²) in [5.74, 6) is -3.11. The molecule has 0 saturated heterocycles. The minimum atomic E-state index is -5.08. The molecule has 32 nitrogen and oxygen atoms in total. The fourth-order valence-corrected chi connectivity index (χ4v) is 8.24. The van der Waals surface area contributed by atoms with Crippen LogP contribution in [0.5, 0.6) is 0 Å². The highest BCUT2D eigenvalue weighted by Crippen LogP contribution is 2.29. The number of aliphatic hydroxyl groups excluding tert-OH is 6. The van der Waals surface area contributed by atoms with Crippen LogP contribution in [0.1, 0.15) is 11.1 Å². The number of rotatable bonds is 34. The van der Waals surface area contributed by atoms with Crippen molar-refractivity contribution in [2.24, 2.45) is 0 Å². The largest absolute Gasteiger partial charge is 0.394 e. The highest BCUT2D eigenvalue weighted by molar-refractivity contribution is 7.86. The summed E-state index contributed by atoms with van der Waals surface area (Å²) in [7, 11) is -19.0. The van der Waals surface area contributed by atoms with Gasteiger partial charge in [0.05, 0.1) is 76.6 Å². The molecule has 14 N–H and O–H groups in total. The Hall–Kier alpha value is -5.68. The van der Waals surface area contributed by atoms with Crippen molar-refractivity contribution >= 4 is 99.7 Å². The van der Waals surface area contributed by atoms with Crippen LogP contribution < -0.4 is 31.1 Å². The lowest BCUT2D eigenvalue weighted by molar-refractivity contribution is 0.0863. The maximum Gasteiger partial charge on any atom is 0.295 e. The number of anilines is 8. The predicted octanol–water partition coefficient (Wildman–Crippen LogP) is -2.86. The topological polar surface area (TPSA) is 489 Å². The molecule has 0 spiro atoms. The highest BCUT2D eigenvalue weighted by Gasteiger charge is 2.23. The zero-order valence-electron chi connectivity index (χ0n) is 38.9. The molecule has 0 fully saturated rings. The van der Waals surface area contributed by atoms with E-state index in [9.17, 15) is 72.3 Å². The van der Waals surface area contributed by atoms with E-state index in [0.717, 1.165) is 24.3 Å². The molecule has 0 aliphatic carbocycles. The lowest BCUT2D eigenvalue weighted by atomic mass is 10.1. The Kier molecular flexibility index (Phi) is 23.3. The van der Waals surface area contributed by atoms with Crippen molar-refractivity contribution in [3.05, 3.63) is 47.5 Å². The molecular weight excluding hydrogens is 1070 g/mol. The average Bonchev–Trinajstić information content (AvgIpc) is 3.31. The van der Waals surface area contributed by atoms with Crippen LogP contribution in [0.3, 0.4) is 0 Å². The van der Waals surface area contributed by atoms with Crippen molar-refractivity contribution in [2.75, 3.05) is 135 Å². The van der Waals surface area contributed by atoms with Gasteiger partial charge in [0, 0.05) is 50.6 Å². The van der Waals surface area contributed by atoms with Gasteiger partial charge in [-0.2, -0.15) is 63.6 Å². The molecule has 0 saturated carbocycles. The molecule has 36 heteroatoms. The third kappa shape index (κ3) is 21.3. The second-order valence-electron chi connectivity index (χ2n) is 15.3. The monoisotopic (exact) mass is 1130 g/mol. The summed E-state index contributed by atoms with van der Waals surface area (Å²) in [5, 5.41) is 68.4. The molecule has 0 aliphatic rings. The molecule has 2 unspecified atom stereocenters. The number of nitrogens with one attached hydrogen (secondary N) is 4. The van der Waals surface area contributed by atoms with Crippen LogP contribution in [0.4, 0.5) is 47.1 Å². The van der Waals surface area contributed by atoms with E-state index in [4.69, 9.17) is 19.7 Å². The second kappa shape index (κ2) is 28.3. The van der Waals surface area contributed by atoms with E-state index in [1.165, 1.54) is 34.1 Å². The van der Waals surface area contributed by atoms with Gasteiger partial charge in [0.1, 0.15) is 9.79 Å². The summed E-state index contributed by atoms with van der Waals surface area (Å²) in [5.41, 5.74) is -0.609. The SMILES string of the molecule is O=S(=O)(O)CCNc1nc(Nc2ccc(C=Cc3ccc(Nc4nc(NCCS(=O)(=O)O)nc(N(CCOCCO)CC(O)CO)n4)cc3S(=O)(=O)O)c(S(=O)(=O)O)c2)nc(N(CCOCCO)CC(O)CO)n1. The standard InChI is InChI=1S/C38H56N12O20S4/c51-11-15-69-13-9-49(21-29(55)23-53)37-45-33(39-7-17-71(57,58)59)43-35(47-37)41-27-5-3-25(31(19-27)73(63,64)65)1-2-26-4-6-28(20-32(26)74(66,67)68)42-36-44-34(40-8-18-72(60,61)62)46-38(48-36)50(22-30(56)24-54)10-14-70-16-12-52/h1-6,19-20,29-30,51-56H,7-18,21-24H2,(H,57,58,59)(H,60,61,62)(H,63,64,65)(H,66,67,68)(H2,39,41,43,45,47)(H2,40,42,44,46,48). The summed E-state index contributed by atoms with van der Waals surface area (Å²) in [6.45, 7) is -3.51. The van der Waals surface area contributed by atoms with Crippen LogP contribution in [0.15, 0.2) is 46.2 Å². The first-order valence-corrected chi connectivity index (χ1v) is 27.7. The summed E-state index contributed by atoms with van der Waals surface area (Å²) < 4.78 is 146. The van der Waals surface area contributed by atoms with Gasteiger partial charge in [-0.15, -0.1) is 0 Å². The molecular formula is C38H56N12O20S4. The van der Waals surface area contributed by atoms with Gasteiger partial charge < -0.3 is 71.2 Å². The first-order valence-electron chi connectivity index (χ1n) is 21.6. The van der Waals surface area contributed by atoms with Gasteiger partial charge in [0.2, 0.25) is 35.7 Å². The van der Waals surface area contributed by atoms with Gasteiger partial charge >= 0.3 is 0 Å². The Bertz CT molecular complexity index is 2770. The lowest BCUT2D eigenvalue weighted by Crippen LogP contribution is -2.38. The molecule has 74 heavy (non-hydrogen) atoms. The minimum Gasteiger partial charge on any atom is -0.394 e. The summed E-state index contributed by atoms with van der Waals surface area (Å²) in [4.78, 5) is 26.5. The Morgan fingerprint density at radius 1 is 0.527 bits per heavy atom.